The van der Waals surface area contributed by atoms with E-state index in [1.807, 2.05) is 14.1 Å². The number of halogens is 4. The summed E-state index contributed by atoms with van der Waals surface area (Å²) in [6.45, 7) is 0.379. The largest absolute Gasteiger partial charge is 0.417 e. The number of pyridine rings is 1. The molecule has 0 aromatic carbocycles. The number of aromatic nitrogens is 1. The van der Waals surface area contributed by atoms with E-state index in [4.69, 9.17) is 5.73 Å². The summed E-state index contributed by atoms with van der Waals surface area (Å²) >= 11 is 3.05. The molecule has 0 saturated carbocycles. The summed E-state index contributed by atoms with van der Waals surface area (Å²) in [6.07, 6.45) is -3.86. The lowest BCUT2D eigenvalue weighted by atomic mass is 10.3. The molecule has 0 aliphatic carbocycles. The Morgan fingerprint density at radius 1 is 1.50 bits per heavy atom. The van der Waals surface area contributed by atoms with E-state index < -0.39 is 11.7 Å². The summed E-state index contributed by atoms with van der Waals surface area (Å²) < 4.78 is 37.5. The minimum Gasteiger partial charge on any atom is -0.366 e. The normalized spacial score (nSPS) is 13.8. The summed E-state index contributed by atoms with van der Waals surface area (Å²) in [5, 5.41) is 2.88. The number of nitrogens with one attached hydrogen (secondary N) is 1. The van der Waals surface area contributed by atoms with Gasteiger partial charge in [0.25, 0.3) is 0 Å². The first-order valence-corrected chi connectivity index (χ1v) is 5.89. The maximum Gasteiger partial charge on any atom is 0.417 e. The third kappa shape index (κ3) is 4.11. The minimum atomic E-state index is -4.39. The average Bonchev–Trinajstić information content (AvgIpc) is 2.25. The fraction of sp³-hybridized carbons (Fsp3) is 0.500. The van der Waals surface area contributed by atoms with E-state index in [2.05, 4.69) is 26.2 Å². The second kappa shape index (κ2) is 5.85. The van der Waals surface area contributed by atoms with Crippen molar-refractivity contribution in [1.29, 1.82) is 0 Å². The molecule has 1 aromatic heterocycles. The van der Waals surface area contributed by atoms with Gasteiger partial charge in [-0.05, 0) is 36.1 Å². The fourth-order valence-corrected chi connectivity index (χ4v) is 1.60. The first kappa shape index (κ1) is 15.2. The number of hydrogen-bond acceptors (Lipinski definition) is 4. The summed E-state index contributed by atoms with van der Waals surface area (Å²) in [4.78, 5) is 5.51. The Morgan fingerprint density at radius 3 is 2.56 bits per heavy atom. The summed E-state index contributed by atoms with van der Waals surface area (Å²) in [5.74, 6) is 0.334. The van der Waals surface area contributed by atoms with Crippen LogP contribution in [-0.4, -0.2) is 36.7 Å². The van der Waals surface area contributed by atoms with Crippen LogP contribution in [0.1, 0.15) is 5.56 Å². The van der Waals surface area contributed by atoms with E-state index in [1.165, 1.54) is 0 Å². The van der Waals surface area contributed by atoms with Crippen LogP contribution >= 0.6 is 15.9 Å². The van der Waals surface area contributed by atoms with Gasteiger partial charge in [0.1, 0.15) is 5.82 Å². The highest BCUT2D eigenvalue weighted by Crippen LogP contribution is 2.32. The number of alkyl halides is 3. The molecule has 0 fully saturated rings. The van der Waals surface area contributed by atoms with E-state index in [0.29, 0.717) is 12.4 Å². The predicted molar refractivity (Wildman–Crippen MR) is 67.1 cm³/mol. The number of nitrogens with zero attached hydrogens (tertiary/aromatic N) is 2. The van der Waals surface area contributed by atoms with Crippen molar-refractivity contribution in [2.45, 2.75) is 12.3 Å². The summed E-state index contributed by atoms with van der Waals surface area (Å²) in [7, 11) is 3.61. The molecule has 0 unspecified atom stereocenters. The Kier molecular flexibility index (Phi) is 4.94. The lowest BCUT2D eigenvalue weighted by molar-refractivity contribution is -0.137. The standard InChI is InChI=1S/C10H14BrF3N4/c1-18(2)8(15)5-17-9-7(11)3-6(4-16-9)10(12,13)14/h3-4,8H,5,15H2,1-2H3,(H,16,17)/t8-/m1/s1. The second-order valence-electron chi connectivity index (χ2n) is 3.96. The number of likely N-dealkylation sites (N-methyl/N-ethyl adjacent to an activating group) is 1. The third-order valence-corrected chi connectivity index (χ3v) is 2.91. The van der Waals surface area contributed by atoms with Crippen LogP contribution in [0.5, 0.6) is 0 Å². The quantitative estimate of drug-likeness (QED) is 0.832. The van der Waals surface area contributed by atoms with Gasteiger partial charge >= 0.3 is 6.18 Å². The van der Waals surface area contributed by atoms with Gasteiger partial charge in [-0.25, -0.2) is 4.98 Å². The van der Waals surface area contributed by atoms with Crippen LogP contribution in [0.25, 0.3) is 0 Å². The molecule has 0 bridgehead atoms. The van der Waals surface area contributed by atoms with Crippen LogP contribution in [0.4, 0.5) is 19.0 Å². The van der Waals surface area contributed by atoms with Crippen molar-refractivity contribution >= 4 is 21.7 Å². The number of hydrogen-bond donors (Lipinski definition) is 2. The van der Waals surface area contributed by atoms with Gasteiger partial charge < -0.3 is 11.1 Å². The highest BCUT2D eigenvalue weighted by Gasteiger charge is 2.31. The molecule has 1 aromatic rings. The van der Waals surface area contributed by atoms with Crippen LogP contribution in [0.3, 0.4) is 0 Å². The van der Waals surface area contributed by atoms with E-state index in [-0.39, 0.29) is 10.6 Å². The predicted octanol–water partition coefficient (Wildman–Crippen LogP) is 2.12. The molecular formula is C10H14BrF3N4. The minimum absolute atomic E-state index is 0.249. The monoisotopic (exact) mass is 326 g/mol. The lowest BCUT2D eigenvalue weighted by Gasteiger charge is -2.20. The molecule has 1 rings (SSSR count). The van der Waals surface area contributed by atoms with Crippen LogP contribution in [0, 0.1) is 0 Å². The molecule has 0 amide bonds. The molecule has 1 heterocycles. The molecule has 8 heteroatoms. The Morgan fingerprint density at radius 2 is 2.11 bits per heavy atom. The average molecular weight is 327 g/mol. The van der Waals surface area contributed by atoms with Gasteiger partial charge in [0.05, 0.1) is 16.2 Å². The smallest absolute Gasteiger partial charge is 0.366 e. The van der Waals surface area contributed by atoms with Gasteiger partial charge in [-0.15, -0.1) is 0 Å². The molecule has 102 valence electrons. The van der Waals surface area contributed by atoms with Crippen molar-refractivity contribution in [3.63, 3.8) is 0 Å². The highest BCUT2D eigenvalue weighted by atomic mass is 79.9. The molecule has 0 aliphatic rings. The van der Waals surface area contributed by atoms with E-state index >= 15 is 0 Å². The molecule has 0 saturated heterocycles. The topological polar surface area (TPSA) is 54.2 Å². The molecule has 1 atom stereocenters. The van der Waals surface area contributed by atoms with Gasteiger partial charge in [-0.1, -0.05) is 0 Å². The van der Waals surface area contributed by atoms with Gasteiger partial charge in [0.2, 0.25) is 0 Å². The van der Waals surface area contributed by atoms with Crippen LogP contribution in [0.2, 0.25) is 0 Å². The van der Waals surface area contributed by atoms with Crippen LogP contribution in [0.15, 0.2) is 16.7 Å². The lowest BCUT2D eigenvalue weighted by Crippen LogP contribution is -2.42. The Hall–Kier alpha value is -0.860. The zero-order chi connectivity index (χ0) is 13.9. The Bertz CT molecular complexity index is 409. The van der Waals surface area contributed by atoms with Gasteiger partial charge in [-0.3, -0.25) is 4.90 Å². The zero-order valence-electron chi connectivity index (χ0n) is 9.92. The SMILES string of the molecule is CN(C)[C@@H](N)CNc1ncc(C(F)(F)F)cc1Br. The van der Waals surface area contributed by atoms with Crippen LogP contribution in [-0.2, 0) is 6.18 Å². The number of anilines is 1. The molecule has 4 nitrogen and oxygen atoms in total. The van der Waals surface area contributed by atoms with Gasteiger partial charge in [0.15, 0.2) is 0 Å². The molecule has 0 aliphatic heterocycles. The fourth-order valence-electron chi connectivity index (χ4n) is 1.11. The van der Waals surface area contributed by atoms with Crippen molar-refractivity contribution in [3.8, 4) is 0 Å². The van der Waals surface area contributed by atoms with E-state index in [1.54, 1.807) is 4.90 Å². The Balaban J connectivity index is 2.75. The van der Waals surface area contributed by atoms with Crippen molar-refractivity contribution in [1.82, 2.24) is 9.88 Å². The summed E-state index contributed by atoms with van der Waals surface area (Å²) in [6, 6.07) is 0.983. The van der Waals surface area contributed by atoms with Crippen molar-refractivity contribution in [2.75, 3.05) is 26.0 Å². The van der Waals surface area contributed by atoms with Crippen molar-refractivity contribution < 1.29 is 13.2 Å². The number of nitrogens with two attached hydrogens (primary N) is 1. The van der Waals surface area contributed by atoms with Gasteiger partial charge in [0, 0.05) is 12.7 Å². The van der Waals surface area contributed by atoms with Crippen molar-refractivity contribution in [3.05, 3.63) is 22.3 Å². The third-order valence-electron chi connectivity index (χ3n) is 2.31. The van der Waals surface area contributed by atoms with Crippen LogP contribution < -0.4 is 11.1 Å². The number of rotatable bonds is 4. The molecule has 0 spiro atoms. The first-order valence-electron chi connectivity index (χ1n) is 5.10. The maximum atomic E-state index is 12.4. The van der Waals surface area contributed by atoms with E-state index in [9.17, 15) is 13.2 Å². The molecule has 3 N–H and O–H groups in total. The van der Waals surface area contributed by atoms with Gasteiger partial charge in [-0.2, -0.15) is 13.2 Å². The van der Waals surface area contributed by atoms with E-state index in [0.717, 1.165) is 12.3 Å². The molecule has 18 heavy (non-hydrogen) atoms. The summed E-state index contributed by atoms with van der Waals surface area (Å²) in [5.41, 5.74) is 4.96. The molecular weight excluding hydrogens is 313 g/mol. The first-order chi connectivity index (χ1) is 8.21. The maximum absolute atomic E-state index is 12.4. The Labute approximate surface area is 111 Å². The zero-order valence-corrected chi connectivity index (χ0v) is 11.5. The second-order valence-corrected chi connectivity index (χ2v) is 4.82. The molecule has 0 radical (unpaired) electrons. The highest BCUT2D eigenvalue weighted by molar-refractivity contribution is 9.10. The van der Waals surface area contributed by atoms with Crippen molar-refractivity contribution in [2.24, 2.45) is 5.73 Å².